The highest BCUT2D eigenvalue weighted by molar-refractivity contribution is 8.01. The van der Waals surface area contributed by atoms with Crippen LogP contribution in [0.4, 0.5) is 5.13 Å². The van der Waals surface area contributed by atoms with Crippen molar-refractivity contribution >= 4 is 40.0 Å². The number of benzene rings is 1. The first kappa shape index (κ1) is 19.6. The number of amides is 2. The van der Waals surface area contributed by atoms with Gasteiger partial charge >= 0.3 is 0 Å². The molecule has 27 heavy (non-hydrogen) atoms. The van der Waals surface area contributed by atoms with Crippen molar-refractivity contribution in [2.45, 2.75) is 42.5 Å². The molecule has 1 fully saturated rings. The van der Waals surface area contributed by atoms with Crippen molar-refractivity contribution in [2.75, 3.05) is 17.7 Å². The number of rotatable bonds is 8. The Bertz CT molecular complexity index is 748. The zero-order valence-electron chi connectivity index (χ0n) is 14.8. The second kappa shape index (κ2) is 10.3. The predicted octanol–water partition coefficient (Wildman–Crippen LogP) is 3.10. The molecule has 3 rings (SSSR count). The molecule has 0 aliphatic heterocycles. The number of aromatic nitrogens is 2. The van der Waals surface area contributed by atoms with Crippen LogP contribution in [0.5, 0.6) is 5.75 Å². The van der Waals surface area contributed by atoms with Crippen LogP contribution in [0, 0.1) is 0 Å². The minimum absolute atomic E-state index is 0.0175. The Morgan fingerprint density at radius 3 is 2.67 bits per heavy atom. The number of carbonyl (C=O) groups is 2. The minimum atomic E-state index is -0.304. The normalized spacial score (nSPS) is 14.5. The lowest BCUT2D eigenvalue weighted by Gasteiger charge is -2.22. The van der Waals surface area contributed by atoms with E-state index in [2.05, 4.69) is 20.8 Å². The first-order valence-electron chi connectivity index (χ1n) is 8.92. The molecule has 1 aromatic carbocycles. The Kier molecular flexibility index (Phi) is 7.46. The first-order chi connectivity index (χ1) is 13.2. The summed E-state index contributed by atoms with van der Waals surface area (Å²) in [5, 5.41) is 14.1. The summed E-state index contributed by atoms with van der Waals surface area (Å²) < 4.78 is 6.03. The van der Waals surface area contributed by atoms with Crippen molar-refractivity contribution in [1.82, 2.24) is 15.5 Å². The molecule has 9 heteroatoms. The molecule has 1 aliphatic carbocycles. The molecule has 2 N–H and O–H groups in total. The number of ether oxygens (including phenoxy) is 1. The van der Waals surface area contributed by atoms with Gasteiger partial charge in [-0.15, -0.1) is 10.2 Å². The van der Waals surface area contributed by atoms with Gasteiger partial charge in [-0.2, -0.15) is 0 Å². The van der Waals surface area contributed by atoms with Gasteiger partial charge in [0.25, 0.3) is 5.91 Å². The number of para-hydroxylation sites is 1. The van der Waals surface area contributed by atoms with Gasteiger partial charge in [0.1, 0.15) is 5.75 Å². The van der Waals surface area contributed by atoms with Crippen LogP contribution < -0.4 is 15.4 Å². The fraction of sp³-hybridized carbons (Fsp3) is 0.444. The molecule has 0 spiro atoms. The molecule has 144 valence electrons. The second-order valence-electron chi connectivity index (χ2n) is 6.21. The molecule has 1 heterocycles. The lowest BCUT2D eigenvalue weighted by atomic mass is 9.95. The van der Waals surface area contributed by atoms with Crippen LogP contribution in [0.1, 0.15) is 32.1 Å². The van der Waals surface area contributed by atoms with Gasteiger partial charge in [0.2, 0.25) is 11.0 Å². The van der Waals surface area contributed by atoms with Gasteiger partial charge in [-0.05, 0) is 25.0 Å². The van der Waals surface area contributed by atoms with Gasteiger partial charge in [0.05, 0.1) is 5.75 Å². The van der Waals surface area contributed by atoms with E-state index < -0.39 is 0 Å². The molecule has 1 aliphatic rings. The fourth-order valence-electron chi connectivity index (χ4n) is 2.78. The molecule has 2 amide bonds. The number of hydrogen-bond acceptors (Lipinski definition) is 7. The molecule has 0 radical (unpaired) electrons. The highest BCUT2D eigenvalue weighted by Gasteiger charge is 2.16. The number of nitrogens with one attached hydrogen (secondary N) is 2. The van der Waals surface area contributed by atoms with E-state index in [0.717, 1.165) is 12.8 Å². The Morgan fingerprint density at radius 2 is 1.89 bits per heavy atom. The summed E-state index contributed by atoms with van der Waals surface area (Å²) in [7, 11) is 0. The topological polar surface area (TPSA) is 93.2 Å². The summed E-state index contributed by atoms with van der Waals surface area (Å²) in [5.74, 6) is 0.645. The Balaban J connectivity index is 1.37. The molecular formula is C18H22N4O3S2. The lowest BCUT2D eigenvalue weighted by molar-refractivity contribution is -0.119. The van der Waals surface area contributed by atoms with Crippen molar-refractivity contribution in [3.63, 3.8) is 0 Å². The molecule has 1 aromatic heterocycles. The van der Waals surface area contributed by atoms with E-state index in [9.17, 15) is 9.59 Å². The fourth-order valence-corrected chi connectivity index (χ4v) is 4.36. The van der Waals surface area contributed by atoms with Gasteiger partial charge in [-0.3, -0.25) is 14.9 Å². The van der Waals surface area contributed by atoms with Crippen LogP contribution in [-0.4, -0.2) is 40.4 Å². The molecule has 7 nitrogen and oxygen atoms in total. The predicted molar refractivity (Wildman–Crippen MR) is 106 cm³/mol. The molecule has 1 saturated carbocycles. The zero-order valence-corrected chi connectivity index (χ0v) is 16.5. The van der Waals surface area contributed by atoms with Crippen LogP contribution in [0.25, 0.3) is 0 Å². The van der Waals surface area contributed by atoms with E-state index in [1.54, 1.807) is 12.1 Å². The maximum Gasteiger partial charge on any atom is 0.264 e. The maximum absolute atomic E-state index is 12.0. The summed E-state index contributed by atoms with van der Waals surface area (Å²) in [6, 6.07) is 9.43. The summed E-state index contributed by atoms with van der Waals surface area (Å²) in [6.45, 7) is -0.101. The average molecular weight is 407 g/mol. The highest BCUT2D eigenvalue weighted by Crippen LogP contribution is 2.25. The number of anilines is 1. The molecular weight excluding hydrogens is 384 g/mol. The third-order valence-corrected chi connectivity index (χ3v) is 6.03. The number of carbonyl (C=O) groups excluding carboxylic acids is 2. The van der Waals surface area contributed by atoms with E-state index in [4.69, 9.17) is 4.74 Å². The van der Waals surface area contributed by atoms with Gasteiger partial charge < -0.3 is 10.1 Å². The van der Waals surface area contributed by atoms with Crippen LogP contribution >= 0.6 is 23.1 Å². The second-order valence-corrected chi connectivity index (χ2v) is 8.41. The Hall–Kier alpha value is -2.13. The van der Waals surface area contributed by atoms with E-state index in [1.165, 1.54) is 42.4 Å². The summed E-state index contributed by atoms with van der Waals surface area (Å²) in [4.78, 5) is 23.9. The number of nitrogens with zero attached hydrogens (tertiary/aromatic N) is 2. The highest BCUT2D eigenvalue weighted by atomic mass is 32.2. The van der Waals surface area contributed by atoms with Crippen molar-refractivity contribution in [2.24, 2.45) is 0 Å². The van der Waals surface area contributed by atoms with E-state index in [0.29, 0.717) is 27.0 Å². The van der Waals surface area contributed by atoms with Gasteiger partial charge in [0, 0.05) is 6.04 Å². The Morgan fingerprint density at radius 1 is 1.11 bits per heavy atom. The van der Waals surface area contributed by atoms with Crippen LogP contribution in [0.15, 0.2) is 34.7 Å². The van der Waals surface area contributed by atoms with Crippen LogP contribution in [0.3, 0.4) is 0 Å². The Labute approximate surface area is 166 Å². The molecule has 0 bridgehead atoms. The third kappa shape index (κ3) is 6.84. The van der Waals surface area contributed by atoms with Crippen LogP contribution in [0.2, 0.25) is 0 Å². The minimum Gasteiger partial charge on any atom is -0.484 e. The third-order valence-electron chi connectivity index (χ3n) is 4.06. The van der Waals surface area contributed by atoms with Crippen molar-refractivity contribution in [1.29, 1.82) is 0 Å². The standard InChI is InChI=1S/C18H22N4O3S2/c23-15(11-25-14-9-5-2-6-10-14)20-17-21-22-18(27-17)26-12-16(24)19-13-7-3-1-4-8-13/h2,5-6,9-10,13H,1,3-4,7-8,11-12H2,(H,19,24)(H,20,21,23). The summed E-state index contributed by atoms with van der Waals surface area (Å²) >= 11 is 2.57. The molecule has 0 atom stereocenters. The summed E-state index contributed by atoms with van der Waals surface area (Å²) in [6.07, 6.45) is 5.76. The SMILES string of the molecule is O=C(COc1ccccc1)Nc1nnc(SCC(=O)NC2CCCCC2)s1. The largest absolute Gasteiger partial charge is 0.484 e. The smallest absolute Gasteiger partial charge is 0.264 e. The molecule has 0 unspecified atom stereocenters. The monoisotopic (exact) mass is 406 g/mol. The van der Waals surface area contributed by atoms with E-state index >= 15 is 0 Å². The maximum atomic E-state index is 12.0. The van der Waals surface area contributed by atoms with Gasteiger partial charge in [-0.1, -0.05) is 60.6 Å². The zero-order chi connectivity index (χ0) is 18.9. The lowest BCUT2D eigenvalue weighted by Crippen LogP contribution is -2.37. The molecule has 2 aromatic rings. The van der Waals surface area contributed by atoms with Gasteiger partial charge in [0.15, 0.2) is 10.9 Å². The van der Waals surface area contributed by atoms with Crippen molar-refractivity contribution < 1.29 is 14.3 Å². The first-order valence-corrected chi connectivity index (χ1v) is 10.7. The van der Waals surface area contributed by atoms with Crippen LogP contribution in [-0.2, 0) is 9.59 Å². The average Bonchev–Trinajstić information content (AvgIpc) is 3.14. The quantitative estimate of drug-likeness (QED) is 0.517. The molecule has 0 saturated heterocycles. The number of hydrogen-bond donors (Lipinski definition) is 2. The number of thioether (sulfide) groups is 1. The van der Waals surface area contributed by atoms with Crippen molar-refractivity contribution in [3.05, 3.63) is 30.3 Å². The van der Waals surface area contributed by atoms with E-state index in [-0.39, 0.29) is 18.4 Å². The van der Waals surface area contributed by atoms with Crippen molar-refractivity contribution in [3.8, 4) is 5.75 Å². The van der Waals surface area contributed by atoms with E-state index in [1.807, 2.05) is 18.2 Å². The summed E-state index contributed by atoms with van der Waals surface area (Å²) in [5.41, 5.74) is 0. The van der Waals surface area contributed by atoms with Gasteiger partial charge in [-0.25, -0.2) is 0 Å².